The number of benzene rings is 1. The summed E-state index contributed by atoms with van der Waals surface area (Å²) >= 11 is 6.26. The van der Waals surface area contributed by atoms with Gasteiger partial charge in [0.05, 0.1) is 23.0 Å². The molecule has 1 atom stereocenters. The number of aromatic nitrogens is 3. The number of hydrogen-bond donors (Lipinski definition) is 0. The van der Waals surface area contributed by atoms with Crippen LogP contribution in [0.15, 0.2) is 28.8 Å². The van der Waals surface area contributed by atoms with Crippen LogP contribution in [-0.2, 0) is 6.54 Å². The Bertz CT molecular complexity index is 758. The SMILES string of the molecule is Cc1ccc2nc(C(C)Cl)n(Cc3cc(C)on3)c2c1. The molecule has 0 saturated heterocycles. The number of imidazole rings is 1. The first kappa shape index (κ1) is 13.2. The van der Waals surface area contributed by atoms with E-state index in [0.29, 0.717) is 6.54 Å². The Labute approximate surface area is 122 Å². The quantitative estimate of drug-likeness (QED) is 0.685. The largest absolute Gasteiger partial charge is 0.361 e. The molecule has 0 radical (unpaired) electrons. The molecule has 0 spiro atoms. The predicted molar refractivity (Wildman–Crippen MR) is 79.1 cm³/mol. The van der Waals surface area contributed by atoms with Crippen LogP contribution < -0.4 is 0 Å². The van der Waals surface area contributed by atoms with Gasteiger partial charge in [-0.1, -0.05) is 11.2 Å². The van der Waals surface area contributed by atoms with Gasteiger partial charge in [0.2, 0.25) is 0 Å². The molecule has 2 aromatic heterocycles. The first-order valence-corrected chi connectivity index (χ1v) is 7.01. The summed E-state index contributed by atoms with van der Waals surface area (Å²) in [5.74, 6) is 1.66. The van der Waals surface area contributed by atoms with E-state index in [1.54, 1.807) is 0 Å². The average molecular weight is 290 g/mol. The highest BCUT2D eigenvalue weighted by Gasteiger charge is 2.16. The van der Waals surface area contributed by atoms with E-state index in [4.69, 9.17) is 16.1 Å². The van der Waals surface area contributed by atoms with Gasteiger partial charge in [-0.2, -0.15) is 0 Å². The van der Waals surface area contributed by atoms with Crippen LogP contribution in [-0.4, -0.2) is 14.7 Å². The molecule has 5 heteroatoms. The molecule has 3 aromatic rings. The molecule has 1 unspecified atom stereocenters. The molecular weight excluding hydrogens is 274 g/mol. The molecule has 0 N–H and O–H groups in total. The highest BCUT2D eigenvalue weighted by Crippen LogP contribution is 2.26. The third-order valence-electron chi connectivity index (χ3n) is 3.29. The Balaban J connectivity index is 2.15. The van der Waals surface area contributed by atoms with Crippen molar-refractivity contribution in [2.75, 3.05) is 0 Å². The number of rotatable bonds is 3. The standard InChI is InChI=1S/C15H16ClN3O/c1-9-4-5-13-14(6-9)19(15(17-13)11(3)16)8-12-7-10(2)20-18-12/h4-7,11H,8H2,1-3H3. The average Bonchev–Trinajstić information content (AvgIpc) is 2.95. The zero-order valence-electron chi connectivity index (χ0n) is 11.7. The molecule has 0 aliphatic heterocycles. The van der Waals surface area contributed by atoms with Crippen molar-refractivity contribution in [1.82, 2.24) is 14.7 Å². The summed E-state index contributed by atoms with van der Waals surface area (Å²) in [5, 5.41) is 3.90. The Morgan fingerprint density at radius 3 is 2.75 bits per heavy atom. The second-order valence-electron chi connectivity index (χ2n) is 5.09. The molecular formula is C15H16ClN3O. The normalized spacial score (nSPS) is 13.0. The predicted octanol–water partition coefficient (Wildman–Crippen LogP) is 3.99. The van der Waals surface area contributed by atoms with Crippen molar-refractivity contribution in [2.24, 2.45) is 0 Å². The number of nitrogens with zero attached hydrogens (tertiary/aromatic N) is 3. The lowest BCUT2D eigenvalue weighted by Crippen LogP contribution is -2.06. The van der Waals surface area contributed by atoms with E-state index >= 15 is 0 Å². The van der Waals surface area contributed by atoms with Gasteiger partial charge in [0.15, 0.2) is 0 Å². The highest BCUT2D eigenvalue weighted by molar-refractivity contribution is 6.20. The monoisotopic (exact) mass is 289 g/mol. The molecule has 0 saturated carbocycles. The zero-order chi connectivity index (χ0) is 14.3. The molecule has 2 heterocycles. The maximum Gasteiger partial charge on any atom is 0.133 e. The number of fused-ring (bicyclic) bond motifs is 1. The lowest BCUT2D eigenvalue weighted by Gasteiger charge is -2.08. The summed E-state index contributed by atoms with van der Waals surface area (Å²) in [6.07, 6.45) is 0. The summed E-state index contributed by atoms with van der Waals surface area (Å²) in [6, 6.07) is 8.14. The molecule has 0 aliphatic carbocycles. The van der Waals surface area contributed by atoms with Gasteiger partial charge in [-0.3, -0.25) is 0 Å². The third-order valence-corrected chi connectivity index (χ3v) is 3.48. The molecule has 0 fully saturated rings. The Morgan fingerprint density at radius 1 is 1.30 bits per heavy atom. The molecule has 104 valence electrons. The van der Waals surface area contributed by atoms with Gasteiger partial charge in [-0.05, 0) is 38.5 Å². The van der Waals surface area contributed by atoms with Crippen LogP contribution in [0.5, 0.6) is 0 Å². The van der Waals surface area contributed by atoms with Crippen LogP contribution in [0.2, 0.25) is 0 Å². The van der Waals surface area contributed by atoms with Gasteiger partial charge >= 0.3 is 0 Å². The fraction of sp³-hybridized carbons (Fsp3) is 0.333. The van der Waals surface area contributed by atoms with Crippen LogP contribution in [0.1, 0.15) is 35.1 Å². The van der Waals surface area contributed by atoms with Crippen LogP contribution in [0.3, 0.4) is 0 Å². The zero-order valence-corrected chi connectivity index (χ0v) is 12.5. The topological polar surface area (TPSA) is 43.9 Å². The molecule has 4 nitrogen and oxygen atoms in total. The fourth-order valence-corrected chi connectivity index (χ4v) is 2.54. The minimum Gasteiger partial charge on any atom is -0.361 e. The lowest BCUT2D eigenvalue weighted by molar-refractivity contribution is 0.389. The van der Waals surface area contributed by atoms with Gasteiger partial charge in [0, 0.05) is 6.07 Å². The van der Waals surface area contributed by atoms with Crippen LogP contribution in [0.25, 0.3) is 11.0 Å². The molecule has 0 amide bonds. The van der Waals surface area contributed by atoms with Crippen molar-refractivity contribution >= 4 is 22.6 Å². The summed E-state index contributed by atoms with van der Waals surface area (Å²) in [7, 11) is 0. The molecule has 1 aromatic carbocycles. The summed E-state index contributed by atoms with van der Waals surface area (Å²) in [5.41, 5.74) is 4.11. The molecule has 3 rings (SSSR count). The Kier molecular flexibility index (Phi) is 3.26. The van der Waals surface area contributed by atoms with Crippen molar-refractivity contribution < 1.29 is 4.52 Å². The van der Waals surface area contributed by atoms with Crippen molar-refractivity contribution in [3.05, 3.63) is 47.1 Å². The summed E-state index contributed by atoms with van der Waals surface area (Å²) < 4.78 is 7.24. The smallest absolute Gasteiger partial charge is 0.133 e. The number of halogens is 1. The lowest BCUT2D eigenvalue weighted by atomic mass is 10.2. The van der Waals surface area contributed by atoms with Gasteiger partial charge < -0.3 is 9.09 Å². The highest BCUT2D eigenvalue weighted by atomic mass is 35.5. The third kappa shape index (κ3) is 2.31. The Hall–Kier alpha value is -1.81. The van der Waals surface area contributed by atoms with E-state index in [-0.39, 0.29) is 5.38 Å². The van der Waals surface area contributed by atoms with Gasteiger partial charge in [-0.25, -0.2) is 4.98 Å². The van der Waals surface area contributed by atoms with Crippen molar-refractivity contribution in [3.8, 4) is 0 Å². The summed E-state index contributed by atoms with van der Waals surface area (Å²) in [6.45, 7) is 6.50. The minimum atomic E-state index is -0.157. The van der Waals surface area contributed by atoms with E-state index in [2.05, 4.69) is 33.8 Å². The molecule has 20 heavy (non-hydrogen) atoms. The maximum absolute atomic E-state index is 6.26. The Morgan fingerprint density at radius 2 is 2.10 bits per heavy atom. The molecule has 0 bridgehead atoms. The van der Waals surface area contributed by atoms with E-state index in [1.165, 1.54) is 5.56 Å². The second kappa shape index (κ2) is 4.94. The summed E-state index contributed by atoms with van der Waals surface area (Å²) in [4.78, 5) is 4.63. The van der Waals surface area contributed by atoms with Crippen molar-refractivity contribution in [2.45, 2.75) is 32.7 Å². The first-order chi connectivity index (χ1) is 9.54. The maximum atomic E-state index is 6.26. The fourth-order valence-electron chi connectivity index (χ4n) is 2.38. The second-order valence-corrected chi connectivity index (χ2v) is 5.75. The van der Waals surface area contributed by atoms with Crippen LogP contribution in [0, 0.1) is 13.8 Å². The van der Waals surface area contributed by atoms with Gasteiger partial charge in [0.25, 0.3) is 0 Å². The first-order valence-electron chi connectivity index (χ1n) is 6.57. The minimum absolute atomic E-state index is 0.157. The van der Waals surface area contributed by atoms with E-state index in [9.17, 15) is 0 Å². The van der Waals surface area contributed by atoms with Crippen molar-refractivity contribution in [3.63, 3.8) is 0 Å². The molecule has 0 aliphatic rings. The van der Waals surface area contributed by atoms with Gasteiger partial charge in [0.1, 0.15) is 17.3 Å². The van der Waals surface area contributed by atoms with Crippen LogP contribution >= 0.6 is 11.6 Å². The number of aryl methyl sites for hydroxylation is 2. The van der Waals surface area contributed by atoms with Crippen molar-refractivity contribution in [1.29, 1.82) is 0 Å². The van der Waals surface area contributed by atoms with E-state index in [1.807, 2.05) is 26.0 Å². The van der Waals surface area contributed by atoms with Gasteiger partial charge in [-0.15, -0.1) is 11.6 Å². The number of alkyl halides is 1. The number of hydrogen-bond acceptors (Lipinski definition) is 3. The van der Waals surface area contributed by atoms with E-state index in [0.717, 1.165) is 28.3 Å². The van der Waals surface area contributed by atoms with E-state index < -0.39 is 0 Å². The van der Waals surface area contributed by atoms with Crippen LogP contribution in [0.4, 0.5) is 0 Å².